The molecule has 0 aliphatic heterocycles. The van der Waals surface area contributed by atoms with Crippen LogP contribution in [-0.4, -0.2) is 9.13 Å². The monoisotopic (exact) mass is 690 g/mol. The molecule has 0 N–H and O–H groups in total. The van der Waals surface area contributed by atoms with Gasteiger partial charge in [0.25, 0.3) is 0 Å². The number of aromatic nitrogens is 2. The van der Waals surface area contributed by atoms with Crippen LogP contribution < -0.4 is 0 Å². The molecule has 54 heavy (non-hydrogen) atoms. The summed E-state index contributed by atoms with van der Waals surface area (Å²) in [5, 5.41) is 5.04. The Morgan fingerprint density at radius 3 is 1.54 bits per heavy atom. The third-order valence-electron chi connectivity index (χ3n) is 12.0. The predicted octanol–water partition coefficient (Wildman–Crippen LogP) is 13.8. The highest BCUT2D eigenvalue weighted by molar-refractivity contribution is 6.12. The maximum Gasteiger partial charge on any atom is 0.0541 e. The fourth-order valence-electron chi connectivity index (χ4n) is 9.28. The summed E-state index contributed by atoms with van der Waals surface area (Å²) >= 11 is 0. The smallest absolute Gasteiger partial charge is 0.0541 e. The van der Waals surface area contributed by atoms with E-state index in [2.05, 4.69) is 206 Å². The van der Waals surface area contributed by atoms with E-state index >= 15 is 0 Å². The van der Waals surface area contributed by atoms with E-state index < -0.39 is 0 Å². The summed E-state index contributed by atoms with van der Waals surface area (Å²) in [4.78, 5) is 0. The van der Waals surface area contributed by atoms with Crippen molar-refractivity contribution in [2.75, 3.05) is 0 Å². The van der Waals surface area contributed by atoms with Gasteiger partial charge in [-0.05, 0) is 112 Å². The van der Waals surface area contributed by atoms with Gasteiger partial charge in [0.1, 0.15) is 0 Å². The fourth-order valence-corrected chi connectivity index (χ4v) is 9.28. The number of hydrogen-bond acceptors (Lipinski definition) is 0. The van der Waals surface area contributed by atoms with Gasteiger partial charge in [0, 0.05) is 38.3 Å². The van der Waals surface area contributed by atoms with Gasteiger partial charge in [-0.1, -0.05) is 135 Å². The van der Waals surface area contributed by atoms with Gasteiger partial charge in [0.05, 0.1) is 22.1 Å². The van der Waals surface area contributed by atoms with Crippen LogP contribution in [0.5, 0.6) is 0 Å². The molecule has 0 spiro atoms. The lowest BCUT2D eigenvalue weighted by molar-refractivity contribution is 0.660. The van der Waals surface area contributed by atoms with Crippen molar-refractivity contribution in [1.82, 2.24) is 9.13 Å². The molecule has 2 nitrogen and oxygen atoms in total. The van der Waals surface area contributed by atoms with Gasteiger partial charge in [-0.2, -0.15) is 0 Å². The van der Waals surface area contributed by atoms with Crippen LogP contribution in [0, 0.1) is 6.92 Å². The zero-order valence-electron chi connectivity index (χ0n) is 30.6. The molecule has 0 saturated carbocycles. The second-order valence-electron chi connectivity index (χ2n) is 15.5. The molecule has 8 aromatic carbocycles. The molecule has 0 saturated heterocycles. The molecular formula is C52H38N2. The summed E-state index contributed by atoms with van der Waals surface area (Å²) in [6.45, 7) is 6.83. The minimum Gasteiger partial charge on any atom is -0.309 e. The van der Waals surface area contributed by atoms with E-state index in [0.29, 0.717) is 0 Å². The van der Waals surface area contributed by atoms with Crippen molar-refractivity contribution >= 4 is 43.6 Å². The van der Waals surface area contributed by atoms with E-state index in [-0.39, 0.29) is 5.41 Å². The molecule has 0 atom stereocenters. The van der Waals surface area contributed by atoms with Crippen molar-refractivity contribution in [3.8, 4) is 44.8 Å². The average Bonchev–Trinajstić information content (AvgIpc) is 3.81. The number of nitrogens with zero attached hydrogens (tertiary/aromatic N) is 2. The lowest BCUT2D eigenvalue weighted by atomic mass is 9.82. The van der Waals surface area contributed by atoms with Crippen LogP contribution in [0.4, 0.5) is 0 Å². The van der Waals surface area contributed by atoms with E-state index in [4.69, 9.17) is 0 Å². The number of hydrogen-bond donors (Lipinski definition) is 0. The van der Waals surface area contributed by atoms with Gasteiger partial charge >= 0.3 is 0 Å². The summed E-state index contributed by atoms with van der Waals surface area (Å²) in [5.74, 6) is 0. The topological polar surface area (TPSA) is 9.86 Å². The molecule has 0 bridgehead atoms. The summed E-state index contributed by atoms with van der Waals surface area (Å²) in [6.07, 6.45) is 0. The average molecular weight is 691 g/mol. The largest absolute Gasteiger partial charge is 0.309 e. The molecule has 10 aromatic rings. The number of rotatable bonds is 4. The first-order valence-corrected chi connectivity index (χ1v) is 18.9. The molecule has 11 rings (SSSR count). The molecule has 0 unspecified atom stereocenters. The van der Waals surface area contributed by atoms with Gasteiger partial charge in [0.2, 0.25) is 0 Å². The van der Waals surface area contributed by atoms with Crippen LogP contribution in [0.1, 0.15) is 30.5 Å². The first-order chi connectivity index (χ1) is 26.4. The lowest BCUT2D eigenvalue weighted by Gasteiger charge is -2.21. The minimum absolute atomic E-state index is 0.0148. The van der Waals surface area contributed by atoms with Crippen LogP contribution >= 0.6 is 0 Å². The molecule has 256 valence electrons. The number of benzene rings is 8. The number of aryl methyl sites for hydroxylation is 1. The summed E-state index contributed by atoms with van der Waals surface area (Å²) in [6, 6.07) is 65.3. The van der Waals surface area contributed by atoms with Gasteiger partial charge in [0.15, 0.2) is 0 Å². The Morgan fingerprint density at radius 2 is 0.870 bits per heavy atom. The summed E-state index contributed by atoms with van der Waals surface area (Å²) in [5.41, 5.74) is 18.8. The van der Waals surface area contributed by atoms with Crippen LogP contribution in [0.25, 0.3) is 88.4 Å². The normalized spacial score (nSPS) is 13.2. The Labute approximate surface area is 315 Å². The van der Waals surface area contributed by atoms with Crippen LogP contribution in [0.3, 0.4) is 0 Å². The van der Waals surface area contributed by atoms with Gasteiger partial charge in [-0.25, -0.2) is 0 Å². The quantitative estimate of drug-likeness (QED) is 0.174. The van der Waals surface area contributed by atoms with E-state index in [1.165, 1.54) is 105 Å². The minimum atomic E-state index is -0.0148. The number of fused-ring (bicyclic) bond motifs is 9. The SMILES string of the molecule is Cc1ccc(-c2cccc(-n3c4ccccc4c4cc(-c5ccc6c(c5)c5ccccc5n6-c5ccc6c(c5)-c5ccccc5C6(C)C)ccc43)c2)cc1. The van der Waals surface area contributed by atoms with Crippen LogP contribution in [0.2, 0.25) is 0 Å². The molecule has 2 aromatic heterocycles. The number of para-hydroxylation sites is 2. The standard InChI is InChI=1S/C52H38N2/c1-33-19-21-34(22-20-33)35-11-10-12-38(29-35)53-48-17-8-5-14-41(48)44-30-36(23-27-50(44)53)37-24-28-51-45(31-37)42-15-6-9-18-49(42)54(51)39-25-26-47-43(32-39)40-13-4-7-16-46(40)52(47,2)3/h4-32H,1-3H3. The highest BCUT2D eigenvalue weighted by atomic mass is 15.0. The van der Waals surface area contributed by atoms with Gasteiger partial charge < -0.3 is 9.13 Å². The van der Waals surface area contributed by atoms with Gasteiger partial charge in [-0.15, -0.1) is 0 Å². The molecular weight excluding hydrogens is 653 g/mol. The third kappa shape index (κ3) is 4.47. The maximum absolute atomic E-state index is 2.45. The molecule has 1 aliphatic rings. The Hall–Kier alpha value is -6.64. The zero-order valence-corrected chi connectivity index (χ0v) is 30.6. The maximum atomic E-state index is 2.45. The highest BCUT2D eigenvalue weighted by Gasteiger charge is 2.35. The molecule has 0 amide bonds. The molecule has 0 radical (unpaired) electrons. The van der Waals surface area contributed by atoms with E-state index in [1.54, 1.807) is 0 Å². The summed E-state index contributed by atoms with van der Waals surface area (Å²) in [7, 11) is 0. The van der Waals surface area contributed by atoms with E-state index in [0.717, 1.165) is 0 Å². The van der Waals surface area contributed by atoms with Crippen molar-refractivity contribution in [3.05, 3.63) is 193 Å². The van der Waals surface area contributed by atoms with Crippen molar-refractivity contribution in [2.24, 2.45) is 0 Å². The van der Waals surface area contributed by atoms with E-state index in [1.807, 2.05) is 0 Å². The second-order valence-corrected chi connectivity index (χ2v) is 15.5. The first-order valence-electron chi connectivity index (χ1n) is 18.9. The fraction of sp³-hybridized carbons (Fsp3) is 0.0769. The van der Waals surface area contributed by atoms with Crippen molar-refractivity contribution in [1.29, 1.82) is 0 Å². The van der Waals surface area contributed by atoms with Crippen molar-refractivity contribution < 1.29 is 0 Å². The van der Waals surface area contributed by atoms with Crippen molar-refractivity contribution in [3.63, 3.8) is 0 Å². The first kappa shape index (κ1) is 30.9. The summed E-state index contributed by atoms with van der Waals surface area (Å²) < 4.78 is 4.86. The van der Waals surface area contributed by atoms with Crippen LogP contribution in [-0.2, 0) is 5.41 Å². The Balaban J connectivity index is 1.05. The Kier molecular flexibility index (Phi) is 6.55. The molecule has 2 heterocycles. The molecule has 1 aliphatic carbocycles. The van der Waals surface area contributed by atoms with Crippen molar-refractivity contribution in [2.45, 2.75) is 26.2 Å². The Morgan fingerprint density at radius 1 is 0.352 bits per heavy atom. The van der Waals surface area contributed by atoms with Crippen LogP contribution in [0.15, 0.2) is 176 Å². The molecule has 2 heteroatoms. The highest BCUT2D eigenvalue weighted by Crippen LogP contribution is 2.49. The zero-order chi connectivity index (χ0) is 36.1. The predicted molar refractivity (Wildman–Crippen MR) is 228 cm³/mol. The Bertz CT molecular complexity index is 3130. The molecule has 0 fully saturated rings. The van der Waals surface area contributed by atoms with E-state index in [9.17, 15) is 0 Å². The second kappa shape index (κ2) is 11.4. The third-order valence-corrected chi connectivity index (χ3v) is 12.0. The lowest BCUT2D eigenvalue weighted by Crippen LogP contribution is -2.14. The van der Waals surface area contributed by atoms with Gasteiger partial charge in [-0.3, -0.25) is 0 Å².